The van der Waals surface area contributed by atoms with Crippen molar-refractivity contribution in [3.8, 4) is 0 Å². The van der Waals surface area contributed by atoms with Gasteiger partial charge in [0.25, 0.3) is 0 Å². The third-order valence-corrected chi connectivity index (χ3v) is 8.03. The molecular weight excluding hydrogens is 362 g/mol. The summed E-state index contributed by atoms with van der Waals surface area (Å²) in [6, 6.07) is 5.49. The van der Waals surface area contributed by atoms with Gasteiger partial charge in [0.1, 0.15) is 0 Å². The van der Waals surface area contributed by atoms with Gasteiger partial charge in [0.15, 0.2) is 0 Å². The normalized spacial score (nSPS) is 21.8. The Hall–Kier alpha value is -1.00. The topological polar surface area (TPSA) is 95.6 Å². The monoisotopic (exact) mass is 387 g/mol. The highest BCUT2D eigenvalue weighted by Crippen LogP contribution is 2.25. The number of hydrogen-bond donors (Lipinski definition) is 2. The first-order valence-corrected chi connectivity index (χ1v) is 11.6. The highest BCUT2D eigenvalue weighted by atomic mass is 32.2. The lowest BCUT2D eigenvalue weighted by Gasteiger charge is -2.27. The molecule has 0 radical (unpaired) electrons. The van der Waals surface area contributed by atoms with Gasteiger partial charge in [-0.3, -0.25) is 0 Å². The van der Waals surface area contributed by atoms with Crippen LogP contribution in [0.2, 0.25) is 0 Å². The molecule has 0 bridgehead atoms. The van der Waals surface area contributed by atoms with E-state index in [1.807, 2.05) is 6.92 Å². The quantitative estimate of drug-likeness (QED) is 0.691. The van der Waals surface area contributed by atoms with Crippen LogP contribution in [0.1, 0.15) is 32.6 Å². The van der Waals surface area contributed by atoms with Crippen LogP contribution in [-0.4, -0.2) is 52.9 Å². The SMILES string of the molecule is CCCN(C1CCNC1)S(=O)(=O)c1ccc(S(=O)(=O)NC2CC2)cc1. The largest absolute Gasteiger partial charge is 0.315 e. The van der Waals surface area contributed by atoms with Crippen molar-refractivity contribution >= 4 is 20.0 Å². The van der Waals surface area contributed by atoms with E-state index in [0.717, 1.165) is 32.2 Å². The van der Waals surface area contributed by atoms with Gasteiger partial charge in [0, 0.05) is 25.2 Å². The van der Waals surface area contributed by atoms with Crippen molar-refractivity contribution in [2.45, 2.75) is 54.5 Å². The van der Waals surface area contributed by atoms with E-state index in [0.29, 0.717) is 13.1 Å². The molecule has 1 aliphatic heterocycles. The van der Waals surface area contributed by atoms with Gasteiger partial charge in [-0.25, -0.2) is 21.6 Å². The third-order valence-electron chi connectivity index (χ3n) is 4.53. The Bertz CT molecular complexity index is 796. The molecule has 1 saturated heterocycles. The van der Waals surface area contributed by atoms with Crippen LogP contribution < -0.4 is 10.0 Å². The zero-order chi connectivity index (χ0) is 18.1. The number of nitrogens with zero attached hydrogens (tertiary/aromatic N) is 1. The molecule has 9 heteroatoms. The van der Waals surface area contributed by atoms with Crippen LogP contribution in [-0.2, 0) is 20.0 Å². The molecule has 1 aromatic rings. The molecule has 1 aromatic carbocycles. The number of rotatable bonds is 8. The predicted molar refractivity (Wildman–Crippen MR) is 95.2 cm³/mol. The number of sulfonamides is 2. The van der Waals surface area contributed by atoms with Gasteiger partial charge in [0.05, 0.1) is 9.79 Å². The molecule has 25 heavy (non-hydrogen) atoms. The van der Waals surface area contributed by atoms with E-state index in [9.17, 15) is 16.8 Å². The second kappa shape index (κ2) is 7.32. The molecule has 2 fully saturated rings. The van der Waals surface area contributed by atoms with E-state index in [-0.39, 0.29) is 21.9 Å². The van der Waals surface area contributed by atoms with Crippen LogP contribution in [0.5, 0.6) is 0 Å². The van der Waals surface area contributed by atoms with E-state index < -0.39 is 20.0 Å². The highest BCUT2D eigenvalue weighted by Gasteiger charge is 2.33. The summed E-state index contributed by atoms with van der Waals surface area (Å²) in [5.74, 6) is 0. The standard InChI is InChI=1S/C16H25N3O4S2/c1-2-11-19(14-9-10-17-12-14)25(22,23)16-7-5-15(6-8-16)24(20,21)18-13-3-4-13/h5-8,13-14,17-18H,2-4,9-12H2,1H3. The maximum atomic E-state index is 13.0. The van der Waals surface area contributed by atoms with Crippen molar-refractivity contribution < 1.29 is 16.8 Å². The highest BCUT2D eigenvalue weighted by molar-refractivity contribution is 7.89. The average molecular weight is 388 g/mol. The molecule has 2 N–H and O–H groups in total. The van der Waals surface area contributed by atoms with Crippen LogP contribution in [0, 0.1) is 0 Å². The first-order valence-electron chi connectivity index (χ1n) is 8.69. The van der Waals surface area contributed by atoms with E-state index >= 15 is 0 Å². The number of hydrogen-bond acceptors (Lipinski definition) is 5. The molecule has 0 spiro atoms. The minimum absolute atomic E-state index is 0.0170. The van der Waals surface area contributed by atoms with Gasteiger partial charge >= 0.3 is 0 Å². The molecule has 1 aliphatic carbocycles. The fraction of sp³-hybridized carbons (Fsp3) is 0.625. The lowest BCUT2D eigenvalue weighted by Crippen LogP contribution is -2.42. The molecule has 1 atom stereocenters. The Balaban J connectivity index is 1.83. The molecule has 0 aromatic heterocycles. The summed E-state index contributed by atoms with van der Waals surface area (Å²) in [7, 11) is -7.22. The minimum atomic E-state index is -3.64. The zero-order valence-corrected chi connectivity index (χ0v) is 15.9. The summed E-state index contributed by atoms with van der Waals surface area (Å²) < 4.78 is 54.5. The van der Waals surface area contributed by atoms with Crippen LogP contribution in [0.25, 0.3) is 0 Å². The van der Waals surface area contributed by atoms with Crippen LogP contribution in [0.3, 0.4) is 0 Å². The van der Waals surface area contributed by atoms with Gasteiger partial charge in [-0.2, -0.15) is 4.31 Å². The molecule has 7 nitrogen and oxygen atoms in total. The van der Waals surface area contributed by atoms with E-state index in [2.05, 4.69) is 10.0 Å². The third kappa shape index (κ3) is 4.22. The fourth-order valence-corrected chi connectivity index (χ4v) is 6.07. The number of nitrogens with one attached hydrogen (secondary N) is 2. The van der Waals surface area contributed by atoms with Crippen molar-refractivity contribution in [2.75, 3.05) is 19.6 Å². The van der Waals surface area contributed by atoms with Crippen molar-refractivity contribution in [3.05, 3.63) is 24.3 Å². The van der Waals surface area contributed by atoms with Gasteiger partial charge < -0.3 is 5.32 Å². The Labute approximate surface area is 149 Å². The zero-order valence-electron chi connectivity index (χ0n) is 14.3. The summed E-state index contributed by atoms with van der Waals surface area (Å²) >= 11 is 0. The summed E-state index contributed by atoms with van der Waals surface area (Å²) in [6.45, 7) is 3.86. The van der Waals surface area contributed by atoms with Crippen LogP contribution in [0.15, 0.2) is 34.1 Å². The molecule has 1 heterocycles. The van der Waals surface area contributed by atoms with Gasteiger partial charge in [-0.1, -0.05) is 6.92 Å². The van der Waals surface area contributed by atoms with Gasteiger partial charge in [-0.15, -0.1) is 0 Å². The smallest absolute Gasteiger partial charge is 0.243 e. The van der Waals surface area contributed by atoms with Crippen LogP contribution >= 0.6 is 0 Å². The van der Waals surface area contributed by atoms with Crippen molar-refractivity contribution in [1.29, 1.82) is 0 Å². The summed E-state index contributed by atoms with van der Waals surface area (Å²) in [5, 5.41) is 3.19. The molecule has 3 rings (SSSR count). The summed E-state index contributed by atoms with van der Waals surface area (Å²) in [6.07, 6.45) is 3.23. The molecule has 1 saturated carbocycles. The van der Waals surface area contributed by atoms with Crippen LogP contribution in [0.4, 0.5) is 0 Å². The average Bonchev–Trinajstić information content (AvgIpc) is 3.22. The molecule has 0 amide bonds. The van der Waals surface area contributed by atoms with E-state index in [1.54, 1.807) is 4.31 Å². The van der Waals surface area contributed by atoms with Gasteiger partial charge in [0.2, 0.25) is 20.0 Å². The predicted octanol–water partition coefficient (Wildman–Crippen LogP) is 0.890. The number of benzene rings is 1. The lowest BCUT2D eigenvalue weighted by molar-refractivity contribution is 0.335. The summed E-state index contributed by atoms with van der Waals surface area (Å²) in [4.78, 5) is 0.237. The Morgan fingerprint density at radius 3 is 2.24 bits per heavy atom. The Morgan fingerprint density at radius 1 is 1.08 bits per heavy atom. The second-order valence-electron chi connectivity index (χ2n) is 6.63. The summed E-state index contributed by atoms with van der Waals surface area (Å²) in [5.41, 5.74) is 0. The van der Waals surface area contributed by atoms with E-state index in [1.165, 1.54) is 24.3 Å². The van der Waals surface area contributed by atoms with E-state index in [4.69, 9.17) is 0 Å². The minimum Gasteiger partial charge on any atom is -0.315 e. The molecule has 140 valence electrons. The molecular formula is C16H25N3O4S2. The lowest BCUT2D eigenvalue weighted by atomic mass is 10.2. The Morgan fingerprint density at radius 2 is 1.72 bits per heavy atom. The fourth-order valence-electron chi connectivity index (χ4n) is 3.02. The van der Waals surface area contributed by atoms with Crippen molar-refractivity contribution in [3.63, 3.8) is 0 Å². The second-order valence-corrected chi connectivity index (χ2v) is 10.2. The van der Waals surface area contributed by atoms with Crippen molar-refractivity contribution in [2.24, 2.45) is 0 Å². The maximum absolute atomic E-state index is 13.0. The first kappa shape index (κ1) is 18.8. The first-order chi connectivity index (χ1) is 11.8. The molecule has 2 aliphatic rings. The Kier molecular flexibility index (Phi) is 5.50. The van der Waals surface area contributed by atoms with Crippen molar-refractivity contribution in [1.82, 2.24) is 14.3 Å². The molecule has 1 unspecified atom stereocenters. The maximum Gasteiger partial charge on any atom is 0.243 e. The van der Waals surface area contributed by atoms with Gasteiger partial charge in [-0.05, 0) is 56.5 Å².